The second kappa shape index (κ2) is 4.79. The Bertz CT molecular complexity index is 451. The van der Waals surface area contributed by atoms with Crippen LogP contribution in [0.4, 0.5) is 0 Å². The smallest absolute Gasteiger partial charge is 0.261 e. The van der Waals surface area contributed by atoms with E-state index in [-0.39, 0.29) is 23.2 Å². The summed E-state index contributed by atoms with van der Waals surface area (Å²) in [6.45, 7) is 0.251. The molecule has 1 aromatic rings. The minimum Gasteiger partial charge on any atom is -0.302 e. The molecule has 0 N–H and O–H groups in total. The normalized spacial score (nSPS) is 15.9. The van der Waals surface area contributed by atoms with Crippen LogP contribution in [0, 0.1) is 0 Å². The summed E-state index contributed by atoms with van der Waals surface area (Å²) in [5, 5.41) is 0. The number of fused-ring (bicyclic) bond motifs is 1. The monoisotopic (exact) mass is 295 g/mol. The van der Waals surface area contributed by atoms with Crippen LogP contribution in [0.2, 0.25) is 0 Å². The molecule has 2 rings (SSSR count). The van der Waals surface area contributed by atoms with Crippen LogP contribution in [0.1, 0.15) is 27.1 Å². The number of halogens is 1. The molecule has 4 nitrogen and oxygen atoms in total. The number of nitrogens with zero attached hydrogens (tertiary/aromatic N) is 1. The third kappa shape index (κ3) is 2.15. The third-order valence-electron chi connectivity index (χ3n) is 2.65. The average Bonchev–Trinajstić information content (AvgIpc) is 2.60. The van der Waals surface area contributed by atoms with Crippen molar-refractivity contribution in [1.29, 1.82) is 0 Å². The summed E-state index contributed by atoms with van der Waals surface area (Å²) in [6.07, 6.45) is 1.17. The van der Waals surface area contributed by atoms with Crippen molar-refractivity contribution >= 4 is 34.0 Å². The maximum absolute atomic E-state index is 11.9. The van der Waals surface area contributed by atoms with E-state index < -0.39 is 0 Å². The second-order valence-corrected chi connectivity index (χ2v) is 4.92. The number of amides is 2. The zero-order valence-corrected chi connectivity index (χ0v) is 10.5. The van der Waals surface area contributed by atoms with Crippen LogP contribution >= 0.6 is 15.9 Å². The molecule has 0 fully saturated rings. The van der Waals surface area contributed by atoms with Crippen molar-refractivity contribution in [2.75, 3.05) is 6.54 Å². The van der Waals surface area contributed by atoms with E-state index in [0.717, 1.165) is 6.29 Å². The van der Waals surface area contributed by atoms with Crippen molar-refractivity contribution < 1.29 is 14.4 Å². The molecule has 0 aromatic heterocycles. The second-order valence-electron chi connectivity index (χ2n) is 3.75. The molecule has 1 heterocycles. The number of carbonyl (C=O) groups excluding carboxylic acids is 3. The first kappa shape index (κ1) is 12.0. The minimum absolute atomic E-state index is 0.251. The van der Waals surface area contributed by atoms with E-state index in [1.165, 1.54) is 4.90 Å². The zero-order valence-electron chi connectivity index (χ0n) is 8.93. The van der Waals surface area contributed by atoms with E-state index in [2.05, 4.69) is 15.9 Å². The first-order valence-corrected chi connectivity index (χ1v) is 6.11. The van der Waals surface area contributed by atoms with E-state index in [1.54, 1.807) is 24.3 Å². The van der Waals surface area contributed by atoms with Gasteiger partial charge in [-0.25, -0.2) is 0 Å². The highest BCUT2D eigenvalue weighted by Crippen LogP contribution is 2.22. The highest BCUT2D eigenvalue weighted by molar-refractivity contribution is 9.09. The quantitative estimate of drug-likeness (QED) is 0.482. The summed E-state index contributed by atoms with van der Waals surface area (Å²) in [5.41, 5.74) is 0.879. The summed E-state index contributed by atoms with van der Waals surface area (Å²) in [6, 6.07) is 6.74. The molecule has 88 valence electrons. The van der Waals surface area contributed by atoms with E-state index in [9.17, 15) is 14.4 Å². The van der Waals surface area contributed by atoms with Gasteiger partial charge in [-0.3, -0.25) is 14.5 Å². The molecule has 1 aliphatic heterocycles. The van der Waals surface area contributed by atoms with Gasteiger partial charge >= 0.3 is 0 Å². The van der Waals surface area contributed by atoms with Crippen LogP contribution in [-0.4, -0.2) is 34.4 Å². The van der Waals surface area contributed by atoms with Gasteiger partial charge in [-0.1, -0.05) is 28.1 Å². The predicted molar refractivity (Wildman–Crippen MR) is 65.2 cm³/mol. The van der Waals surface area contributed by atoms with Crippen LogP contribution in [0.3, 0.4) is 0 Å². The van der Waals surface area contributed by atoms with E-state index >= 15 is 0 Å². The summed E-state index contributed by atoms with van der Waals surface area (Å²) in [4.78, 5) is 35.1. The average molecular weight is 296 g/mol. The molecule has 2 amide bonds. The lowest BCUT2D eigenvalue weighted by molar-refractivity contribution is -0.107. The van der Waals surface area contributed by atoms with Crippen molar-refractivity contribution in [2.24, 2.45) is 0 Å². The Morgan fingerprint density at radius 1 is 1.18 bits per heavy atom. The Kier molecular flexibility index (Phi) is 3.38. The highest BCUT2D eigenvalue weighted by atomic mass is 79.9. The van der Waals surface area contributed by atoms with Crippen LogP contribution in [-0.2, 0) is 4.79 Å². The minimum atomic E-state index is -0.327. The van der Waals surface area contributed by atoms with Crippen molar-refractivity contribution in [1.82, 2.24) is 4.90 Å². The molecule has 17 heavy (non-hydrogen) atoms. The number of alkyl halides is 1. The summed E-state index contributed by atoms with van der Waals surface area (Å²) in [5.74, 6) is -0.563. The van der Waals surface area contributed by atoms with Gasteiger partial charge in [-0.15, -0.1) is 0 Å². The van der Waals surface area contributed by atoms with Crippen molar-refractivity contribution in [3.63, 3.8) is 0 Å². The van der Waals surface area contributed by atoms with Gasteiger partial charge in [0.05, 0.1) is 16.0 Å². The molecule has 0 unspecified atom stereocenters. The van der Waals surface area contributed by atoms with Gasteiger partial charge in [-0.2, -0.15) is 0 Å². The molecule has 1 aliphatic rings. The highest BCUT2D eigenvalue weighted by Gasteiger charge is 2.34. The summed E-state index contributed by atoms with van der Waals surface area (Å²) in [7, 11) is 0. The number of hydrogen-bond acceptors (Lipinski definition) is 3. The Morgan fingerprint density at radius 2 is 1.71 bits per heavy atom. The molecule has 0 aliphatic carbocycles. The Labute approximate surface area is 107 Å². The van der Waals surface area contributed by atoms with Crippen molar-refractivity contribution in [3.8, 4) is 0 Å². The Balaban J connectivity index is 2.16. The number of hydrogen-bond donors (Lipinski definition) is 0. The molecule has 0 bridgehead atoms. The molecular weight excluding hydrogens is 286 g/mol. The standard InChI is InChI=1S/C12H10BrNO3/c13-8(7-15)5-6-14-11(16)9-3-1-2-4-10(9)12(14)17/h1-4,7-8H,5-6H2/t8-/m0/s1. The fourth-order valence-corrected chi connectivity index (χ4v) is 1.97. The molecule has 1 aromatic carbocycles. The van der Waals surface area contributed by atoms with Gasteiger partial charge in [0.25, 0.3) is 11.8 Å². The number of benzene rings is 1. The predicted octanol–water partition coefficient (Wildman–Crippen LogP) is 1.64. The fourth-order valence-electron chi connectivity index (χ4n) is 1.76. The third-order valence-corrected chi connectivity index (χ3v) is 3.33. The Morgan fingerprint density at radius 3 is 2.18 bits per heavy atom. The lowest BCUT2D eigenvalue weighted by atomic mass is 10.1. The molecule has 1 atom stereocenters. The fraction of sp³-hybridized carbons (Fsp3) is 0.250. The van der Waals surface area contributed by atoms with E-state index in [4.69, 9.17) is 0 Å². The molecule has 0 saturated carbocycles. The maximum atomic E-state index is 11.9. The molecule has 5 heteroatoms. The zero-order chi connectivity index (χ0) is 12.4. The van der Waals surface area contributed by atoms with E-state index in [0.29, 0.717) is 17.5 Å². The molecule has 0 spiro atoms. The van der Waals surface area contributed by atoms with E-state index in [1.807, 2.05) is 0 Å². The first-order valence-electron chi connectivity index (χ1n) is 5.19. The number of aldehydes is 1. The SMILES string of the molecule is O=C[C@@H](Br)CCN1C(=O)c2ccccc2C1=O. The van der Waals surface area contributed by atoms with Gasteiger partial charge in [-0.05, 0) is 18.6 Å². The van der Waals surface area contributed by atoms with Crippen molar-refractivity contribution in [3.05, 3.63) is 35.4 Å². The number of rotatable bonds is 4. The maximum Gasteiger partial charge on any atom is 0.261 e. The summed E-state index contributed by atoms with van der Waals surface area (Å²) < 4.78 is 0. The van der Waals surface area contributed by atoms with Crippen LogP contribution in [0.5, 0.6) is 0 Å². The lowest BCUT2D eigenvalue weighted by Gasteiger charge is -2.13. The first-order chi connectivity index (χ1) is 8.15. The number of imide groups is 1. The largest absolute Gasteiger partial charge is 0.302 e. The van der Waals surface area contributed by atoms with Crippen LogP contribution in [0.15, 0.2) is 24.3 Å². The Hall–Kier alpha value is -1.49. The molecule has 0 radical (unpaired) electrons. The molecule has 0 saturated heterocycles. The van der Waals surface area contributed by atoms with Gasteiger partial charge in [0, 0.05) is 6.54 Å². The van der Waals surface area contributed by atoms with Gasteiger partial charge in [0.1, 0.15) is 6.29 Å². The number of carbonyl (C=O) groups is 3. The lowest BCUT2D eigenvalue weighted by Crippen LogP contribution is -2.32. The van der Waals surface area contributed by atoms with Crippen LogP contribution < -0.4 is 0 Å². The molecular formula is C12H10BrNO3. The van der Waals surface area contributed by atoms with Crippen molar-refractivity contribution in [2.45, 2.75) is 11.2 Å². The topological polar surface area (TPSA) is 54.5 Å². The van der Waals surface area contributed by atoms with Gasteiger partial charge in [0.2, 0.25) is 0 Å². The van der Waals surface area contributed by atoms with Crippen LogP contribution in [0.25, 0.3) is 0 Å². The van der Waals surface area contributed by atoms with Gasteiger partial charge < -0.3 is 4.79 Å². The summed E-state index contributed by atoms with van der Waals surface area (Å²) >= 11 is 3.14. The van der Waals surface area contributed by atoms with Gasteiger partial charge in [0.15, 0.2) is 0 Å².